The molecule has 0 unspecified atom stereocenters. The normalized spacial score (nSPS) is 31.0. The number of benzene rings is 1. The number of hydrogen-bond donors (Lipinski definition) is 2. The summed E-state index contributed by atoms with van der Waals surface area (Å²) >= 11 is 0. The summed E-state index contributed by atoms with van der Waals surface area (Å²) < 4.78 is 16.2. The molecule has 3 rings (SSSR count). The maximum Gasteiger partial charge on any atom is 0.255 e. The molecule has 0 aliphatic carbocycles. The van der Waals surface area contributed by atoms with Crippen molar-refractivity contribution in [1.82, 2.24) is 5.32 Å². The van der Waals surface area contributed by atoms with Gasteiger partial charge in [-0.2, -0.15) is 0 Å². The van der Waals surface area contributed by atoms with Crippen molar-refractivity contribution in [3.63, 3.8) is 0 Å². The van der Waals surface area contributed by atoms with Gasteiger partial charge >= 0.3 is 0 Å². The van der Waals surface area contributed by atoms with Crippen LogP contribution in [0.3, 0.4) is 0 Å². The average molecular weight is 293 g/mol. The summed E-state index contributed by atoms with van der Waals surface area (Å²) in [5.74, 6) is 0.302. The summed E-state index contributed by atoms with van der Waals surface area (Å²) in [6, 6.07) is 5.19. The molecule has 0 spiro atoms. The molecular weight excluding hydrogens is 274 g/mol. The minimum Gasteiger partial charge on any atom is -0.496 e. The van der Waals surface area contributed by atoms with Gasteiger partial charge in [-0.1, -0.05) is 11.6 Å². The fraction of sp³-hybridized carbons (Fsp3) is 0.533. The molecular formula is C15H19NO5. The third kappa shape index (κ3) is 2.62. The van der Waals surface area contributed by atoms with Gasteiger partial charge in [0.1, 0.15) is 24.1 Å². The standard InChI is InChI=1S/C15H19NO5/c1-8-3-4-12(19-2)9(5-8)15(18)16-10-6-20-14-11(17)7-21-13(10)14/h3-5,10-11,13-14,17H,6-7H2,1-2H3,(H,16,18)/t10-,11+,13+,14+/m0/s1. The second-order valence-corrected chi connectivity index (χ2v) is 5.45. The molecule has 2 aliphatic rings. The first-order valence-corrected chi connectivity index (χ1v) is 6.97. The fourth-order valence-electron chi connectivity index (χ4n) is 2.85. The van der Waals surface area contributed by atoms with Crippen LogP contribution in [0.15, 0.2) is 18.2 Å². The van der Waals surface area contributed by atoms with E-state index in [-0.39, 0.29) is 30.8 Å². The number of carbonyl (C=O) groups is 1. The lowest BCUT2D eigenvalue weighted by Crippen LogP contribution is -2.44. The Bertz CT molecular complexity index is 547. The van der Waals surface area contributed by atoms with Gasteiger partial charge in [0, 0.05) is 0 Å². The maximum atomic E-state index is 12.4. The van der Waals surface area contributed by atoms with Gasteiger partial charge < -0.3 is 24.6 Å². The van der Waals surface area contributed by atoms with Crippen LogP contribution >= 0.6 is 0 Å². The molecule has 6 nitrogen and oxygen atoms in total. The molecule has 4 atom stereocenters. The summed E-state index contributed by atoms with van der Waals surface area (Å²) in [4.78, 5) is 12.4. The molecule has 2 fully saturated rings. The van der Waals surface area contributed by atoms with E-state index in [4.69, 9.17) is 14.2 Å². The van der Waals surface area contributed by atoms with E-state index in [0.29, 0.717) is 17.9 Å². The van der Waals surface area contributed by atoms with Crippen molar-refractivity contribution in [3.05, 3.63) is 29.3 Å². The minimum absolute atomic E-state index is 0.227. The van der Waals surface area contributed by atoms with Crippen molar-refractivity contribution >= 4 is 5.91 Å². The average Bonchev–Trinajstić information content (AvgIpc) is 3.03. The molecule has 6 heteroatoms. The number of aryl methyl sites for hydroxylation is 1. The van der Waals surface area contributed by atoms with Crippen molar-refractivity contribution in [2.45, 2.75) is 31.3 Å². The van der Waals surface area contributed by atoms with Gasteiger partial charge in [-0.25, -0.2) is 0 Å². The number of hydrogen-bond acceptors (Lipinski definition) is 5. The third-order valence-electron chi connectivity index (χ3n) is 3.94. The molecule has 1 amide bonds. The first-order valence-electron chi connectivity index (χ1n) is 6.97. The molecule has 0 radical (unpaired) electrons. The van der Waals surface area contributed by atoms with Gasteiger partial charge in [0.05, 0.1) is 31.9 Å². The van der Waals surface area contributed by atoms with Crippen LogP contribution in [-0.2, 0) is 9.47 Å². The SMILES string of the molecule is COc1ccc(C)cc1C(=O)N[C@H]1CO[C@H]2[C@@H]1OC[C@H]2O. The van der Waals surface area contributed by atoms with E-state index in [0.717, 1.165) is 5.56 Å². The predicted molar refractivity (Wildman–Crippen MR) is 74.5 cm³/mol. The monoisotopic (exact) mass is 293 g/mol. The zero-order valence-corrected chi connectivity index (χ0v) is 12.0. The quantitative estimate of drug-likeness (QED) is 0.836. The number of nitrogens with one attached hydrogen (secondary N) is 1. The van der Waals surface area contributed by atoms with Crippen molar-refractivity contribution in [3.8, 4) is 5.75 Å². The summed E-state index contributed by atoms with van der Waals surface area (Å²) in [6.07, 6.45) is -1.26. The van der Waals surface area contributed by atoms with Crippen LogP contribution < -0.4 is 10.1 Å². The zero-order chi connectivity index (χ0) is 15.0. The Hall–Kier alpha value is -1.63. The number of amides is 1. The predicted octanol–water partition coefficient (Wildman–Crippen LogP) is 0.261. The highest BCUT2D eigenvalue weighted by molar-refractivity contribution is 5.97. The topological polar surface area (TPSA) is 77.0 Å². The molecule has 1 aromatic rings. The number of aliphatic hydroxyl groups excluding tert-OH is 1. The minimum atomic E-state index is -0.620. The molecule has 1 aromatic carbocycles. The van der Waals surface area contributed by atoms with Gasteiger partial charge in [-0.15, -0.1) is 0 Å². The molecule has 114 valence electrons. The highest BCUT2D eigenvalue weighted by Crippen LogP contribution is 2.27. The number of rotatable bonds is 3. The number of carbonyl (C=O) groups excluding carboxylic acids is 1. The first kappa shape index (κ1) is 14.3. The van der Waals surface area contributed by atoms with E-state index in [1.165, 1.54) is 7.11 Å². The molecule has 0 saturated carbocycles. The molecule has 21 heavy (non-hydrogen) atoms. The van der Waals surface area contributed by atoms with Crippen LogP contribution in [0.4, 0.5) is 0 Å². The summed E-state index contributed by atoms with van der Waals surface area (Å²) in [5.41, 5.74) is 1.47. The highest BCUT2D eigenvalue weighted by Gasteiger charge is 2.47. The second-order valence-electron chi connectivity index (χ2n) is 5.45. The van der Waals surface area contributed by atoms with Crippen LogP contribution in [0.5, 0.6) is 5.75 Å². The van der Waals surface area contributed by atoms with Crippen molar-refractivity contribution in [2.75, 3.05) is 20.3 Å². The number of ether oxygens (including phenoxy) is 3. The number of fused-ring (bicyclic) bond motifs is 1. The maximum absolute atomic E-state index is 12.4. The molecule has 2 heterocycles. The summed E-state index contributed by atoms with van der Waals surface area (Å²) in [6.45, 7) is 2.50. The number of aliphatic hydroxyl groups is 1. The smallest absolute Gasteiger partial charge is 0.255 e. The van der Waals surface area contributed by atoms with Gasteiger partial charge in [0.25, 0.3) is 5.91 Å². The van der Waals surface area contributed by atoms with Crippen LogP contribution in [-0.4, -0.2) is 55.7 Å². The summed E-state index contributed by atoms with van der Waals surface area (Å²) in [5, 5.41) is 12.6. The number of methoxy groups -OCH3 is 1. The van der Waals surface area contributed by atoms with Crippen LogP contribution in [0.1, 0.15) is 15.9 Å². The molecule has 2 N–H and O–H groups in total. The van der Waals surface area contributed by atoms with Gasteiger partial charge in [-0.05, 0) is 19.1 Å². The zero-order valence-electron chi connectivity index (χ0n) is 12.0. The Kier molecular flexibility index (Phi) is 3.84. The van der Waals surface area contributed by atoms with E-state index in [2.05, 4.69) is 5.32 Å². The molecule has 2 saturated heterocycles. The highest BCUT2D eigenvalue weighted by atomic mass is 16.6. The summed E-state index contributed by atoms with van der Waals surface area (Å²) in [7, 11) is 1.53. The van der Waals surface area contributed by atoms with Crippen LogP contribution in [0, 0.1) is 6.92 Å². The van der Waals surface area contributed by atoms with Crippen molar-refractivity contribution in [1.29, 1.82) is 0 Å². The fourth-order valence-corrected chi connectivity index (χ4v) is 2.85. The lowest BCUT2D eigenvalue weighted by atomic mass is 10.1. The molecule has 0 aromatic heterocycles. The van der Waals surface area contributed by atoms with Gasteiger partial charge in [0.15, 0.2) is 0 Å². The first-order chi connectivity index (χ1) is 10.1. The van der Waals surface area contributed by atoms with Crippen LogP contribution in [0.25, 0.3) is 0 Å². The molecule has 2 aliphatic heterocycles. The van der Waals surface area contributed by atoms with E-state index in [1.54, 1.807) is 12.1 Å². The third-order valence-corrected chi connectivity index (χ3v) is 3.94. The second kappa shape index (κ2) is 5.63. The van der Waals surface area contributed by atoms with E-state index in [1.807, 2.05) is 13.0 Å². The lowest BCUT2D eigenvalue weighted by molar-refractivity contribution is 0.0178. The lowest BCUT2D eigenvalue weighted by Gasteiger charge is -2.18. The Balaban J connectivity index is 1.74. The van der Waals surface area contributed by atoms with Crippen molar-refractivity contribution < 1.29 is 24.1 Å². The Morgan fingerprint density at radius 1 is 1.33 bits per heavy atom. The Labute approximate surface area is 123 Å². The van der Waals surface area contributed by atoms with E-state index >= 15 is 0 Å². The van der Waals surface area contributed by atoms with E-state index in [9.17, 15) is 9.90 Å². The van der Waals surface area contributed by atoms with Gasteiger partial charge in [-0.3, -0.25) is 4.79 Å². The Morgan fingerprint density at radius 2 is 2.10 bits per heavy atom. The van der Waals surface area contributed by atoms with Gasteiger partial charge in [0.2, 0.25) is 0 Å². The van der Waals surface area contributed by atoms with Crippen molar-refractivity contribution in [2.24, 2.45) is 0 Å². The molecule has 0 bridgehead atoms. The largest absolute Gasteiger partial charge is 0.496 e. The van der Waals surface area contributed by atoms with Crippen LogP contribution in [0.2, 0.25) is 0 Å². The van der Waals surface area contributed by atoms with E-state index < -0.39 is 6.10 Å². The Morgan fingerprint density at radius 3 is 2.86 bits per heavy atom.